The quantitative estimate of drug-likeness (QED) is 0.604. The molecule has 5 rings (SSSR count). The molecule has 0 spiro atoms. The van der Waals surface area contributed by atoms with Gasteiger partial charge in [-0.1, -0.05) is 12.1 Å². The summed E-state index contributed by atoms with van der Waals surface area (Å²) in [5.74, 6) is -0.0847. The molecular weight excluding hydrogens is 450 g/mol. The number of hydrogen-bond acceptors (Lipinski definition) is 5. The molecule has 0 bridgehead atoms. The van der Waals surface area contributed by atoms with Gasteiger partial charge in [-0.3, -0.25) is 9.78 Å². The van der Waals surface area contributed by atoms with E-state index in [9.17, 15) is 13.2 Å². The van der Waals surface area contributed by atoms with Crippen LogP contribution in [0.3, 0.4) is 0 Å². The monoisotopic (exact) mass is 483 g/mol. The molecule has 0 saturated carbocycles. The predicted octanol–water partition coefficient (Wildman–Crippen LogP) is 3.18. The Balaban J connectivity index is 1.25. The third kappa shape index (κ3) is 5.04. The van der Waals surface area contributed by atoms with Gasteiger partial charge in [0.1, 0.15) is 0 Å². The van der Waals surface area contributed by atoms with E-state index in [4.69, 9.17) is 4.74 Å². The second kappa shape index (κ2) is 10.1. The van der Waals surface area contributed by atoms with Crippen LogP contribution in [0.25, 0.3) is 0 Å². The van der Waals surface area contributed by atoms with Gasteiger partial charge in [0.2, 0.25) is 15.9 Å². The highest BCUT2D eigenvalue weighted by molar-refractivity contribution is 7.89. The van der Waals surface area contributed by atoms with E-state index in [1.54, 1.807) is 22.8 Å². The number of carbonyl (C=O) groups excluding carboxylic acids is 1. The van der Waals surface area contributed by atoms with Crippen LogP contribution in [0, 0.1) is 5.92 Å². The topological polar surface area (TPSA) is 79.8 Å². The summed E-state index contributed by atoms with van der Waals surface area (Å²) >= 11 is 0. The Kier molecular flexibility index (Phi) is 6.99. The molecule has 34 heavy (non-hydrogen) atoms. The van der Waals surface area contributed by atoms with Crippen LogP contribution in [0.15, 0.2) is 47.6 Å². The zero-order valence-electron chi connectivity index (χ0n) is 19.6. The SMILES string of the molecule is O=C(C1CCN(S(=O)(=O)c2ccc3c(c2)CCC3)CC1)N(Cc1cccnc1)CC1CCCO1. The van der Waals surface area contributed by atoms with E-state index in [1.165, 1.54) is 5.56 Å². The summed E-state index contributed by atoms with van der Waals surface area (Å²) in [5.41, 5.74) is 3.42. The largest absolute Gasteiger partial charge is 0.376 e. The van der Waals surface area contributed by atoms with E-state index in [-0.39, 0.29) is 17.9 Å². The highest BCUT2D eigenvalue weighted by atomic mass is 32.2. The number of carbonyl (C=O) groups is 1. The van der Waals surface area contributed by atoms with Gasteiger partial charge in [0.05, 0.1) is 11.0 Å². The first-order valence-electron chi connectivity index (χ1n) is 12.4. The number of rotatable bonds is 7. The molecule has 3 heterocycles. The molecule has 1 atom stereocenters. The number of aryl methyl sites for hydroxylation is 2. The average molecular weight is 484 g/mol. The molecule has 3 aliphatic rings. The Labute approximate surface area is 202 Å². The van der Waals surface area contributed by atoms with Gasteiger partial charge in [-0.15, -0.1) is 0 Å². The molecule has 7 nitrogen and oxygen atoms in total. The normalized spacial score (nSPS) is 21.5. The molecule has 0 N–H and O–H groups in total. The molecule has 1 aromatic carbocycles. The second-order valence-corrected chi connectivity index (χ2v) is 11.6. The summed E-state index contributed by atoms with van der Waals surface area (Å²) in [5, 5.41) is 0. The van der Waals surface area contributed by atoms with E-state index >= 15 is 0 Å². The standard InChI is InChI=1S/C26H33N3O4S/c30-26(28(19-24-7-3-15-33-24)18-20-4-2-12-27-17-20)22-10-13-29(14-11-22)34(31,32)25-9-8-21-5-1-6-23(21)16-25/h2,4,8-9,12,16-17,22,24H,1,3,5-7,10-11,13-15,18-19H2. The maximum atomic E-state index is 13.5. The summed E-state index contributed by atoms with van der Waals surface area (Å²) in [7, 11) is -3.54. The zero-order valence-corrected chi connectivity index (χ0v) is 20.4. The van der Waals surface area contributed by atoms with Crippen molar-refractivity contribution in [2.24, 2.45) is 5.92 Å². The Bertz CT molecular complexity index is 1110. The molecular formula is C26H33N3O4S. The molecule has 1 unspecified atom stereocenters. The Morgan fingerprint density at radius 2 is 1.91 bits per heavy atom. The Hall–Kier alpha value is -2.29. The van der Waals surface area contributed by atoms with E-state index in [0.717, 1.165) is 49.8 Å². The van der Waals surface area contributed by atoms with Gasteiger partial charge in [-0.25, -0.2) is 8.42 Å². The number of piperidine rings is 1. The van der Waals surface area contributed by atoms with Gasteiger partial charge in [0.15, 0.2) is 0 Å². The first-order valence-corrected chi connectivity index (χ1v) is 13.9. The number of benzene rings is 1. The van der Waals surface area contributed by atoms with Gasteiger partial charge in [-0.05, 0) is 79.8 Å². The van der Waals surface area contributed by atoms with Crippen molar-refractivity contribution in [2.45, 2.75) is 62.5 Å². The number of pyridine rings is 1. The van der Waals surface area contributed by atoms with Crippen molar-refractivity contribution in [1.82, 2.24) is 14.2 Å². The fourth-order valence-corrected chi connectivity index (χ4v) is 6.96. The highest BCUT2D eigenvalue weighted by Gasteiger charge is 2.35. The van der Waals surface area contributed by atoms with Crippen molar-refractivity contribution >= 4 is 15.9 Å². The molecule has 0 radical (unpaired) electrons. The highest BCUT2D eigenvalue weighted by Crippen LogP contribution is 2.29. The van der Waals surface area contributed by atoms with Gasteiger partial charge in [-0.2, -0.15) is 4.31 Å². The van der Waals surface area contributed by atoms with Crippen LogP contribution >= 0.6 is 0 Å². The number of sulfonamides is 1. The van der Waals surface area contributed by atoms with E-state index in [0.29, 0.717) is 43.9 Å². The first kappa shape index (κ1) is 23.5. The maximum Gasteiger partial charge on any atom is 0.243 e. The number of fused-ring (bicyclic) bond motifs is 1. The molecule has 182 valence electrons. The van der Waals surface area contributed by atoms with E-state index < -0.39 is 10.0 Å². The van der Waals surface area contributed by atoms with Gasteiger partial charge < -0.3 is 9.64 Å². The lowest BCUT2D eigenvalue weighted by atomic mass is 9.96. The summed E-state index contributed by atoms with van der Waals surface area (Å²) in [6.07, 6.45) is 9.74. The van der Waals surface area contributed by atoms with Crippen molar-refractivity contribution in [1.29, 1.82) is 0 Å². The molecule has 8 heteroatoms. The van der Waals surface area contributed by atoms with Crippen molar-refractivity contribution in [3.8, 4) is 0 Å². The smallest absolute Gasteiger partial charge is 0.243 e. The molecule has 1 amide bonds. The summed E-state index contributed by atoms with van der Waals surface area (Å²) in [6, 6.07) is 9.42. The minimum absolute atomic E-state index is 0.0703. The van der Waals surface area contributed by atoms with Crippen LogP contribution in [0.5, 0.6) is 0 Å². The van der Waals surface area contributed by atoms with Gasteiger partial charge >= 0.3 is 0 Å². The fraction of sp³-hybridized carbons (Fsp3) is 0.538. The van der Waals surface area contributed by atoms with Crippen molar-refractivity contribution < 1.29 is 17.9 Å². The maximum absolute atomic E-state index is 13.5. The van der Waals surface area contributed by atoms with Crippen molar-refractivity contribution in [3.63, 3.8) is 0 Å². The summed E-state index contributed by atoms with van der Waals surface area (Å²) in [4.78, 5) is 20.0. The minimum Gasteiger partial charge on any atom is -0.376 e. The van der Waals surface area contributed by atoms with Crippen molar-refractivity contribution in [2.75, 3.05) is 26.2 Å². The fourth-order valence-electron chi connectivity index (χ4n) is 5.44. The second-order valence-electron chi connectivity index (χ2n) is 9.68. The third-order valence-corrected chi connectivity index (χ3v) is 9.26. The number of ether oxygens (including phenoxy) is 1. The van der Waals surface area contributed by atoms with Crippen molar-refractivity contribution in [3.05, 3.63) is 59.4 Å². The lowest BCUT2D eigenvalue weighted by Gasteiger charge is -2.34. The molecule has 1 aliphatic carbocycles. The number of hydrogen-bond donors (Lipinski definition) is 0. The predicted molar refractivity (Wildman–Crippen MR) is 129 cm³/mol. The van der Waals surface area contributed by atoms with Crippen LogP contribution < -0.4 is 0 Å². The molecule has 1 aromatic heterocycles. The summed E-state index contributed by atoms with van der Waals surface area (Å²) in [6.45, 7) is 2.56. The molecule has 2 saturated heterocycles. The van der Waals surface area contributed by atoms with Crippen LogP contribution in [0.1, 0.15) is 48.8 Å². The van der Waals surface area contributed by atoms with Crippen LogP contribution in [0.4, 0.5) is 0 Å². The Morgan fingerprint density at radius 3 is 2.65 bits per heavy atom. The van der Waals surface area contributed by atoms with E-state index in [1.807, 2.05) is 29.2 Å². The molecule has 2 aliphatic heterocycles. The van der Waals surface area contributed by atoms with Crippen LogP contribution in [-0.2, 0) is 38.9 Å². The Morgan fingerprint density at radius 1 is 1.09 bits per heavy atom. The lowest BCUT2D eigenvalue weighted by molar-refractivity contribution is -0.139. The summed E-state index contributed by atoms with van der Waals surface area (Å²) < 4.78 is 33.9. The van der Waals surface area contributed by atoms with Gasteiger partial charge in [0.25, 0.3) is 0 Å². The lowest BCUT2D eigenvalue weighted by Crippen LogP contribution is -2.45. The van der Waals surface area contributed by atoms with Crippen LogP contribution in [-0.4, -0.2) is 60.9 Å². The molecule has 2 aromatic rings. The number of nitrogens with zero attached hydrogens (tertiary/aromatic N) is 3. The van der Waals surface area contributed by atoms with Gasteiger partial charge in [0, 0.05) is 51.1 Å². The molecule has 2 fully saturated rings. The zero-order chi connectivity index (χ0) is 23.5. The number of aromatic nitrogens is 1. The van der Waals surface area contributed by atoms with Crippen LogP contribution in [0.2, 0.25) is 0 Å². The third-order valence-electron chi connectivity index (χ3n) is 7.37. The first-order chi connectivity index (χ1) is 16.5. The van der Waals surface area contributed by atoms with E-state index in [2.05, 4.69) is 4.98 Å². The average Bonchev–Trinajstić information content (AvgIpc) is 3.55. The number of amides is 1. The minimum atomic E-state index is -3.54.